The van der Waals surface area contributed by atoms with E-state index >= 15 is 0 Å². The molecule has 0 aromatic heterocycles. The molecular formula is C8H6BrIO2. The number of fused-ring (bicyclic) bond motifs is 1. The number of halogens is 2. The Hall–Kier alpha value is 0.0300. The highest BCUT2D eigenvalue weighted by Crippen LogP contribution is 2.35. The smallest absolute Gasteiger partial charge is 0.162 e. The predicted molar refractivity (Wildman–Crippen MR) is 57.8 cm³/mol. The molecule has 1 aromatic carbocycles. The van der Waals surface area contributed by atoms with Crippen molar-refractivity contribution in [1.29, 1.82) is 0 Å². The summed E-state index contributed by atoms with van der Waals surface area (Å²) in [6.45, 7) is 1.28. The zero-order chi connectivity index (χ0) is 8.55. The molecule has 0 amide bonds. The lowest BCUT2D eigenvalue weighted by atomic mass is 10.3. The predicted octanol–water partition coefficient (Wildman–Crippen LogP) is 2.82. The SMILES string of the molecule is Brc1cc2c(cc1I)OCCO2. The minimum absolute atomic E-state index is 0.639. The third-order valence-electron chi connectivity index (χ3n) is 1.59. The van der Waals surface area contributed by atoms with Gasteiger partial charge in [0.1, 0.15) is 13.2 Å². The molecule has 1 aliphatic heterocycles. The fourth-order valence-corrected chi connectivity index (χ4v) is 1.80. The van der Waals surface area contributed by atoms with E-state index in [0.29, 0.717) is 13.2 Å². The van der Waals surface area contributed by atoms with Gasteiger partial charge in [0.15, 0.2) is 11.5 Å². The summed E-state index contributed by atoms with van der Waals surface area (Å²) in [6.07, 6.45) is 0. The van der Waals surface area contributed by atoms with E-state index < -0.39 is 0 Å². The van der Waals surface area contributed by atoms with Crippen molar-refractivity contribution in [3.63, 3.8) is 0 Å². The van der Waals surface area contributed by atoms with Crippen molar-refractivity contribution in [2.75, 3.05) is 13.2 Å². The maximum Gasteiger partial charge on any atom is 0.162 e. The van der Waals surface area contributed by atoms with E-state index in [1.54, 1.807) is 0 Å². The summed E-state index contributed by atoms with van der Waals surface area (Å²) in [6, 6.07) is 3.91. The monoisotopic (exact) mass is 340 g/mol. The van der Waals surface area contributed by atoms with E-state index in [2.05, 4.69) is 38.5 Å². The van der Waals surface area contributed by atoms with Gasteiger partial charge in [0.2, 0.25) is 0 Å². The molecule has 0 saturated carbocycles. The van der Waals surface area contributed by atoms with Crippen LogP contribution in [0.5, 0.6) is 11.5 Å². The quantitative estimate of drug-likeness (QED) is 0.676. The van der Waals surface area contributed by atoms with Crippen molar-refractivity contribution in [3.8, 4) is 11.5 Å². The first-order chi connectivity index (χ1) is 5.77. The molecule has 1 heterocycles. The normalized spacial score (nSPS) is 14.5. The molecule has 1 aromatic rings. The van der Waals surface area contributed by atoms with Crippen molar-refractivity contribution in [1.82, 2.24) is 0 Å². The zero-order valence-corrected chi connectivity index (χ0v) is 9.88. The minimum Gasteiger partial charge on any atom is -0.486 e. The van der Waals surface area contributed by atoms with Gasteiger partial charge in [-0.1, -0.05) is 0 Å². The van der Waals surface area contributed by atoms with Crippen LogP contribution in [0.1, 0.15) is 0 Å². The molecule has 0 radical (unpaired) electrons. The van der Waals surface area contributed by atoms with E-state index in [1.807, 2.05) is 12.1 Å². The van der Waals surface area contributed by atoms with Crippen LogP contribution >= 0.6 is 38.5 Å². The molecule has 0 bridgehead atoms. The fraction of sp³-hybridized carbons (Fsp3) is 0.250. The number of hydrogen-bond donors (Lipinski definition) is 0. The number of hydrogen-bond acceptors (Lipinski definition) is 2. The van der Waals surface area contributed by atoms with Gasteiger partial charge in [0.05, 0.1) is 0 Å². The Morgan fingerprint density at radius 3 is 2.42 bits per heavy atom. The van der Waals surface area contributed by atoms with Crippen molar-refractivity contribution in [2.45, 2.75) is 0 Å². The van der Waals surface area contributed by atoms with Crippen LogP contribution in [0.15, 0.2) is 16.6 Å². The van der Waals surface area contributed by atoms with Crippen LogP contribution in [-0.2, 0) is 0 Å². The average Bonchev–Trinajstić information content (AvgIpc) is 2.07. The number of ether oxygens (including phenoxy) is 2. The molecular weight excluding hydrogens is 335 g/mol. The summed E-state index contributed by atoms with van der Waals surface area (Å²) in [5.74, 6) is 1.67. The number of benzene rings is 1. The molecule has 64 valence electrons. The molecule has 0 spiro atoms. The topological polar surface area (TPSA) is 18.5 Å². The summed E-state index contributed by atoms with van der Waals surface area (Å²) >= 11 is 5.68. The van der Waals surface area contributed by atoms with Gasteiger partial charge in [-0.25, -0.2) is 0 Å². The molecule has 2 rings (SSSR count). The Morgan fingerprint density at radius 2 is 1.75 bits per heavy atom. The fourth-order valence-electron chi connectivity index (χ4n) is 1.04. The maximum absolute atomic E-state index is 5.41. The molecule has 0 aliphatic carbocycles. The summed E-state index contributed by atoms with van der Waals surface area (Å²) in [7, 11) is 0. The maximum atomic E-state index is 5.41. The average molecular weight is 341 g/mol. The van der Waals surface area contributed by atoms with Gasteiger partial charge >= 0.3 is 0 Å². The van der Waals surface area contributed by atoms with Gasteiger partial charge < -0.3 is 9.47 Å². The first-order valence-corrected chi connectivity index (χ1v) is 5.39. The molecule has 2 nitrogen and oxygen atoms in total. The lowest BCUT2D eigenvalue weighted by Gasteiger charge is -2.18. The second-order valence-corrected chi connectivity index (χ2v) is 4.43. The Labute approximate surface area is 92.5 Å². The molecule has 0 atom stereocenters. The van der Waals surface area contributed by atoms with Crippen LogP contribution in [0.3, 0.4) is 0 Å². The van der Waals surface area contributed by atoms with Gasteiger partial charge in [-0.05, 0) is 50.7 Å². The highest BCUT2D eigenvalue weighted by atomic mass is 127. The highest BCUT2D eigenvalue weighted by Gasteiger charge is 2.13. The van der Waals surface area contributed by atoms with E-state index in [0.717, 1.165) is 19.5 Å². The van der Waals surface area contributed by atoms with Crippen molar-refractivity contribution in [3.05, 3.63) is 20.2 Å². The van der Waals surface area contributed by atoms with Gasteiger partial charge in [0, 0.05) is 8.04 Å². The van der Waals surface area contributed by atoms with Gasteiger partial charge in [0.25, 0.3) is 0 Å². The van der Waals surface area contributed by atoms with Gasteiger partial charge in [-0.2, -0.15) is 0 Å². The first-order valence-electron chi connectivity index (χ1n) is 3.52. The third-order valence-corrected chi connectivity index (χ3v) is 3.87. The van der Waals surface area contributed by atoms with Crippen molar-refractivity contribution >= 4 is 38.5 Å². The molecule has 0 N–H and O–H groups in total. The lowest BCUT2D eigenvalue weighted by molar-refractivity contribution is 0.171. The number of rotatable bonds is 0. The molecule has 1 aliphatic rings. The van der Waals surface area contributed by atoms with Crippen molar-refractivity contribution < 1.29 is 9.47 Å². The van der Waals surface area contributed by atoms with Crippen LogP contribution < -0.4 is 9.47 Å². The van der Waals surface area contributed by atoms with E-state index in [-0.39, 0.29) is 0 Å². The van der Waals surface area contributed by atoms with E-state index in [1.165, 1.54) is 0 Å². The Morgan fingerprint density at radius 1 is 1.17 bits per heavy atom. The van der Waals surface area contributed by atoms with Gasteiger partial charge in [-0.15, -0.1) is 0 Å². The molecule has 12 heavy (non-hydrogen) atoms. The summed E-state index contributed by atoms with van der Waals surface area (Å²) in [5, 5.41) is 0. The third kappa shape index (κ3) is 1.54. The first kappa shape index (κ1) is 8.62. The summed E-state index contributed by atoms with van der Waals surface area (Å²) < 4.78 is 13.0. The van der Waals surface area contributed by atoms with Crippen LogP contribution in [0.4, 0.5) is 0 Å². The molecule has 4 heteroatoms. The van der Waals surface area contributed by atoms with Gasteiger partial charge in [-0.3, -0.25) is 0 Å². The standard InChI is InChI=1S/C8H6BrIO2/c9-5-3-7-8(4-6(5)10)12-2-1-11-7/h3-4H,1-2H2. The summed E-state index contributed by atoms with van der Waals surface area (Å²) in [5.41, 5.74) is 0. The Balaban J connectivity index is 2.49. The van der Waals surface area contributed by atoms with Crippen LogP contribution in [0.25, 0.3) is 0 Å². The minimum atomic E-state index is 0.639. The van der Waals surface area contributed by atoms with Crippen molar-refractivity contribution in [2.24, 2.45) is 0 Å². The second-order valence-electron chi connectivity index (χ2n) is 2.41. The summed E-state index contributed by atoms with van der Waals surface area (Å²) in [4.78, 5) is 0. The van der Waals surface area contributed by atoms with E-state index in [4.69, 9.17) is 9.47 Å². The highest BCUT2D eigenvalue weighted by molar-refractivity contribution is 14.1. The Kier molecular flexibility index (Phi) is 2.45. The van der Waals surface area contributed by atoms with E-state index in [9.17, 15) is 0 Å². The molecule has 0 saturated heterocycles. The Bertz CT molecular complexity index is 283. The van der Waals surface area contributed by atoms with Crippen LogP contribution in [0, 0.1) is 3.57 Å². The second kappa shape index (κ2) is 3.41. The lowest BCUT2D eigenvalue weighted by Crippen LogP contribution is -2.15. The zero-order valence-electron chi connectivity index (χ0n) is 6.14. The van der Waals surface area contributed by atoms with Crippen LogP contribution in [-0.4, -0.2) is 13.2 Å². The van der Waals surface area contributed by atoms with Crippen LogP contribution in [0.2, 0.25) is 0 Å². The largest absolute Gasteiger partial charge is 0.486 e. The molecule has 0 unspecified atom stereocenters. The molecule has 0 fully saturated rings.